The Balaban J connectivity index is 2.28. The highest BCUT2D eigenvalue weighted by Gasteiger charge is 2.24. The first-order chi connectivity index (χ1) is 7.31. The topological polar surface area (TPSA) is 12.0 Å². The van der Waals surface area contributed by atoms with Crippen molar-refractivity contribution < 1.29 is 0 Å². The molecule has 90 valence electrons. The molecule has 0 aromatic heterocycles. The van der Waals surface area contributed by atoms with Crippen LogP contribution in [0.2, 0.25) is 0 Å². The normalized spacial score (nSPS) is 27.2. The second-order valence-electron chi connectivity index (χ2n) is 4.88. The fourth-order valence-corrected chi connectivity index (χ4v) is 3.06. The van der Waals surface area contributed by atoms with Crippen molar-refractivity contribution in [2.75, 3.05) is 12.4 Å². The third-order valence-corrected chi connectivity index (χ3v) is 4.32. The van der Waals surface area contributed by atoms with Crippen LogP contribution in [-0.2, 0) is 0 Å². The van der Waals surface area contributed by atoms with Crippen LogP contribution in [0.4, 0.5) is 0 Å². The van der Waals surface area contributed by atoms with Crippen molar-refractivity contribution in [3.8, 4) is 0 Å². The fourth-order valence-electron chi connectivity index (χ4n) is 2.65. The van der Waals surface area contributed by atoms with E-state index in [2.05, 4.69) is 19.2 Å². The van der Waals surface area contributed by atoms with Gasteiger partial charge in [0.15, 0.2) is 0 Å². The van der Waals surface area contributed by atoms with E-state index in [1.165, 1.54) is 45.1 Å². The third-order valence-electron chi connectivity index (χ3n) is 3.92. The van der Waals surface area contributed by atoms with Crippen LogP contribution < -0.4 is 5.32 Å². The summed E-state index contributed by atoms with van der Waals surface area (Å²) in [5, 5.41) is 3.69. The van der Waals surface area contributed by atoms with Crippen molar-refractivity contribution in [3.05, 3.63) is 0 Å². The van der Waals surface area contributed by atoms with Gasteiger partial charge in [-0.3, -0.25) is 0 Å². The number of alkyl halides is 1. The zero-order valence-electron chi connectivity index (χ0n) is 10.3. The molecule has 1 fully saturated rings. The molecule has 2 unspecified atom stereocenters. The predicted molar refractivity (Wildman–Crippen MR) is 68.5 cm³/mol. The van der Waals surface area contributed by atoms with E-state index in [1.807, 2.05) is 0 Å². The minimum atomic E-state index is 0.711. The third kappa shape index (κ3) is 4.32. The van der Waals surface area contributed by atoms with Gasteiger partial charge in [0.2, 0.25) is 0 Å². The molecule has 0 aromatic carbocycles. The summed E-state index contributed by atoms with van der Waals surface area (Å²) in [6, 6.07) is 0.711. The fraction of sp³-hybridized carbons (Fsp3) is 1.00. The van der Waals surface area contributed by atoms with Crippen molar-refractivity contribution in [2.24, 2.45) is 11.8 Å². The SMILES string of the molecule is CCC(CC)NCC1CCCCC1CCl. The summed E-state index contributed by atoms with van der Waals surface area (Å²) in [5.74, 6) is 2.45. The van der Waals surface area contributed by atoms with E-state index in [1.54, 1.807) is 0 Å². The molecule has 0 saturated heterocycles. The van der Waals surface area contributed by atoms with Crippen LogP contribution in [0, 0.1) is 11.8 Å². The van der Waals surface area contributed by atoms with Gasteiger partial charge >= 0.3 is 0 Å². The van der Waals surface area contributed by atoms with E-state index in [4.69, 9.17) is 11.6 Å². The lowest BCUT2D eigenvalue weighted by Crippen LogP contribution is -2.36. The Bertz CT molecular complexity index is 157. The Hall–Kier alpha value is 0.250. The van der Waals surface area contributed by atoms with E-state index in [-0.39, 0.29) is 0 Å². The minimum Gasteiger partial charge on any atom is -0.314 e. The molecule has 15 heavy (non-hydrogen) atoms. The molecule has 0 spiro atoms. The van der Waals surface area contributed by atoms with Crippen molar-refractivity contribution in [3.63, 3.8) is 0 Å². The quantitative estimate of drug-likeness (QED) is 0.686. The Morgan fingerprint density at radius 1 is 1.13 bits per heavy atom. The summed E-state index contributed by atoms with van der Waals surface area (Å²) in [4.78, 5) is 0. The summed E-state index contributed by atoms with van der Waals surface area (Å²) in [6.45, 7) is 5.71. The van der Waals surface area contributed by atoms with Gasteiger partial charge in [-0.2, -0.15) is 0 Å². The number of hydrogen-bond donors (Lipinski definition) is 1. The van der Waals surface area contributed by atoms with Crippen molar-refractivity contribution in [1.29, 1.82) is 0 Å². The summed E-state index contributed by atoms with van der Waals surface area (Å²) >= 11 is 6.03. The highest BCUT2D eigenvalue weighted by atomic mass is 35.5. The molecule has 0 aliphatic heterocycles. The smallest absolute Gasteiger partial charge is 0.0254 e. The largest absolute Gasteiger partial charge is 0.314 e. The molecule has 1 N–H and O–H groups in total. The summed E-state index contributed by atoms with van der Waals surface area (Å²) in [6.07, 6.45) is 8.01. The van der Waals surface area contributed by atoms with Gasteiger partial charge in [-0.05, 0) is 44.1 Å². The van der Waals surface area contributed by atoms with Gasteiger partial charge in [0.25, 0.3) is 0 Å². The molecule has 0 aromatic rings. The molecule has 2 atom stereocenters. The van der Waals surface area contributed by atoms with Crippen LogP contribution in [0.15, 0.2) is 0 Å². The molecule has 1 aliphatic rings. The van der Waals surface area contributed by atoms with Crippen molar-refractivity contribution in [1.82, 2.24) is 5.32 Å². The van der Waals surface area contributed by atoms with Gasteiger partial charge in [-0.15, -0.1) is 11.6 Å². The lowest BCUT2D eigenvalue weighted by Gasteiger charge is -2.31. The van der Waals surface area contributed by atoms with Gasteiger partial charge in [0.1, 0.15) is 0 Å². The Kier molecular flexibility index (Phi) is 6.67. The first kappa shape index (κ1) is 13.3. The number of hydrogen-bond acceptors (Lipinski definition) is 1. The predicted octanol–water partition coefficient (Wildman–Crippen LogP) is 3.81. The molecule has 0 radical (unpaired) electrons. The number of nitrogens with one attached hydrogen (secondary N) is 1. The van der Waals surface area contributed by atoms with Gasteiger partial charge < -0.3 is 5.32 Å². The Morgan fingerprint density at radius 3 is 2.27 bits per heavy atom. The summed E-state index contributed by atoms with van der Waals surface area (Å²) in [5.41, 5.74) is 0. The standard InChI is InChI=1S/C13H26ClN/c1-3-13(4-2)15-10-12-8-6-5-7-11(12)9-14/h11-13,15H,3-10H2,1-2H3. The first-order valence-corrected chi connectivity index (χ1v) is 7.14. The second-order valence-corrected chi connectivity index (χ2v) is 5.19. The zero-order valence-corrected chi connectivity index (χ0v) is 11.0. The second kappa shape index (κ2) is 7.51. The van der Waals surface area contributed by atoms with Gasteiger partial charge in [0.05, 0.1) is 0 Å². The molecule has 0 heterocycles. The van der Waals surface area contributed by atoms with Gasteiger partial charge in [0, 0.05) is 11.9 Å². The average molecular weight is 232 g/mol. The van der Waals surface area contributed by atoms with Crippen molar-refractivity contribution >= 4 is 11.6 Å². The highest BCUT2D eigenvalue weighted by molar-refractivity contribution is 6.18. The van der Waals surface area contributed by atoms with Gasteiger partial charge in [-0.25, -0.2) is 0 Å². The van der Waals surface area contributed by atoms with Gasteiger partial charge in [-0.1, -0.05) is 26.7 Å². The van der Waals surface area contributed by atoms with E-state index in [0.717, 1.165) is 17.7 Å². The molecular weight excluding hydrogens is 206 g/mol. The molecule has 1 rings (SSSR count). The average Bonchev–Trinajstić information content (AvgIpc) is 2.31. The summed E-state index contributed by atoms with van der Waals surface area (Å²) < 4.78 is 0. The molecule has 2 heteroatoms. The molecule has 1 aliphatic carbocycles. The summed E-state index contributed by atoms with van der Waals surface area (Å²) in [7, 11) is 0. The van der Waals surface area contributed by atoms with Crippen LogP contribution >= 0.6 is 11.6 Å². The van der Waals surface area contributed by atoms with E-state index < -0.39 is 0 Å². The first-order valence-electron chi connectivity index (χ1n) is 6.61. The van der Waals surface area contributed by atoms with E-state index in [0.29, 0.717) is 6.04 Å². The van der Waals surface area contributed by atoms with Crippen molar-refractivity contribution in [2.45, 2.75) is 58.4 Å². The molecule has 0 amide bonds. The minimum absolute atomic E-state index is 0.711. The van der Waals surface area contributed by atoms with E-state index in [9.17, 15) is 0 Å². The molecule has 1 nitrogen and oxygen atoms in total. The maximum absolute atomic E-state index is 6.03. The van der Waals surface area contributed by atoms with Crippen LogP contribution in [0.5, 0.6) is 0 Å². The van der Waals surface area contributed by atoms with Crippen LogP contribution in [0.25, 0.3) is 0 Å². The number of halogens is 1. The monoisotopic (exact) mass is 231 g/mol. The lowest BCUT2D eigenvalue weighted by atomic mass is 9.80. The highest BCUT2D eigenvalue weighted by Crippen LogP contribution is 2.30. The molecular formula is C13H26ClN. The Labute approximate surface area is 100.0 Å². The number of rotatable bonds is 6. The van der Waals surface area contributed by atoms with E-state index >= 15 is 0 Å². The zero-order chi connectivity index (χ0) is 11.1. The maximum atomic E-state index is 6.03. The molecule has 0 bridgehead atoms. The molecule has 1 saturated carbocycles. The van der Waals surface area contributed by atoms with Crippen LogP contribution in [-0.4, -0.2) is 18.5 Å². The maximum Gasteiger partial charge on any atom is 0.0254 e. The Morgan fingerprint density at radius 2 is 1.73 bits per heavy atom. The van der Waals surface area contributed by atoms with Crippen LogP contribution in [0.1, 0.15) is 52.4 Å². The lowest BCUT2D eigenvalue weighted by molar-refractivity contribution is 0.241. The van der Waals surface area contributed by atoms with Crippen LogP contribution in [0.3, 0.4) is 0 Å².